The Labute approximate surface area is 143 Å². The van der Waals surface area contributed by atoms with Gasteiger partial charge < -0.3 is 10.5 Å². The van der Waals surface area contributed by atoms with Gasteiger partial charge in [0.2, 0.25) is 5.91 Å². The highest BCUT2D eigenvalue weighted by molar-refractivity contribution is 7.93. The van der Waals surface area contributed by atoms with Gasteiger partial charge in [-0.15, -0.1) is 11.3 Å². The Morgan fingerprint density at radius 1 is 1.21 bits per heavy atom. The number of sulfonamides is 1. The zero-order chi connectivity index (χ0) is 17.9. The highest BCUT2D eigenvalue weighted by Gasteiger charge is 2.31. The maximum absolute atomic E-state index is 13.0. The molecule has 9 heteroatoms. The first-order valence-electron chi connectivity index (χ1n) is 6.81. The molecule has 1 amide bonds. The SMILES string of the molecule is COC(=O)c1sccc1S(=O)(=O)N(CC(N)=O)c1ccc(C)cc1. The minimum atomic E-state index is -4.16. The van der Waals surface area contributed by atoms with E-state index in [1.165, 1.54) is 18.6 Å². The summed E-state index contributed by atoms with van der Waals surface area (Å²) in [5, 5.41) is 1.47. The third-order valence-electron chi connectivity index (χ3n) is 3.19. The number of hydrogen-bond acceptors (Lipinski definition) is 6. The largest absolute Gasteiger partial charge is 0.465 e. The lowest BCUT2D eigenvalue weighted by molar-refractivity contribution is -0.116. The summed E-state index contributed by atoms with van der Waals surface area (Å²) in [7, 11) is -3.00. The molecule has 128 valence electrons. The average Bonchev–Trinajstić information content (AvgIpc) is 3.03. The van der Waals surface area contributed by atoms with Crippen LogP contribution in [0.1, 0.15) is 15.2 Å². The van der Waals surface area contributed by atoms with Crippen LogP contribution in [-0.4, -0.2) is 33.9 Å². The molecule has 0 bridgehead atoms. The lowest BCUT2D eigenvalue weighted by Crippen LogP contribution is -2.38. The van der Waals surface area contributed by atoms with E-state index in [4.69, 9.17) is 5.73 Å². The van der Waals surface area contributed by atoms with Gasteiger partial charge in [-0.2, -0.15) is 0 Å². The van der Waals surface area contributed by atoms with E-state index in [0.717, 1.165) is 21.2 Å². The highest BCUT2D eigenvalue weighted by atomic mass is 32.2. The van der Waals surface area contributed by atoms with E-state index in [1.54, 1.807) is 24.3 Å². The summed E-state index contributed by atoms with van der Waals surface area (Å²) in [6.45, 7) is 1.31. The van der Waals surface area contributed by atoms with E-state index >= 15 is 0 Å². The standard InChI is InChI=1S/C15H16N2O5S2/c1-10-3-5-11(6-4-10)17(9-13(16)18)24(20,21)12-7-8-23-14(12)15(19)22-2/h3-8H,9H2,1-2H3,(H2,16,18). The molecule has 0 unspecified atom stereocenters. The topological polar surface area (TPSA) is 107 Å². The molecule has 0 saturated carbocycles. The Morgan fingerprint density at radius 2 is 1.83 bits per heavy atom. The van der Waals surface area contributed by atoms with Crippen LogP contribution in [0, 0.1) is 6.92 Å². The molecule has 7 nitrogen and oxygen atoms in total. The van der Waals surface area contributed by atoms with E-state index in [9.17, 15) is 18.0 Å². The fraction of sp³-hybridized carbons (Fsp3) is 0.200. The molecule has 0 aliphatic rings. The predicted octanol–water partition coefficient (Wildman–Crippen LogP) is 1.52. The first kappa shape index (κ1) is 18.0. The normalized spacial score (nSPS) is 11.1. The maximum atomic E-state index is 13.0. The lowest BCUT2D eigenvalue weighted by Gasteiger charge is -2.23. The van der Waals surface area contributed by atoms with Gasteiger partial charge in [0.25, 0.3) is 10.0 Å². The predicted molar refractivity (Wildman–Crippen MR) is 90.6 cm³/mol. The quantitative estimate of drug-likeness (QED) is 0.778. The van der Waals surface area contributed by atoms with Crippen molar-refractivity contribution in [1.29, 1.82) is 0 Å². The van der Waals surface area contributed by atoms with E-state index in [1.807, 2.05) is 6.92 Å². The van der Waals surface area contributed by atoms with Gasteiger partial charge in [-0.1, -0.05) is 17.7 Å². The molecule has 1 heterocycles. The second kappa shape index (κ2) is 7.02. The summed E-state index contributed by atoms with van der Waals surface area (Å²) < 4.78 is 31.4. The van der Waals surface area contributed by atoms with Crippen LogP contribution < -0.4 is 10.0 Å². The van der Waals surface area contributed by atoms with Gasteiger partial charge in [-0.25, -0.2) is 13.2 Å². The van der Waals surface area contributed by atoms with Gasteiger partial charge in [0, 0.05) is 0 Å². The summed E-state index contributed by atoms with van der Waals surface area (Å²) in [4.78, 5) is 22.9. The van der Waals surface area contributed by atoms with Crippen molar-refractivity contribution in [3.63, 3.8) is 0 Å². The van der Waals surface area contributed by atoms with Crippen LogP contribution in [0.4, 0.5) is 5.69 Å². The molecule has 2 aromatic rings. The van der Waals surface area contributed by atoms with E-state index in [-0.39, 0.29) is 15.5 Å². The smallest absolute Gasteiger partial charge is 0.349 e. The van der Waals surface area contributed by atoms with Crippen molar-refractivity contribution in [2.45, 2.75) is 11.8 Å². The fourth-order valence-electron chi connectivity index (χ4n) is 2.03. The highest BCUT2D eigenvalue weighted by Crippen LogP contribution is 2.29. The third kappa shape index (κ3) is 3.57. The molecule has 0 aliphatic heterocycles. The Bertz CT molecular complexity index is 856. The number of amides is 1. The number of esters is 1. The van der Waals surface area contributed by atoms with Gasteiger partial charge in [0.1, 0.15) is 16.3 Å². The van der Waals surface area contributed by atoms with Gasteiger partial charge in [0.15, 0.2) is 0 Å². The number of anilines is 1. The summed E-state index contributed by atoms with van der Waals surface area (Å²) in [6.07, 6.45) is 0. The van der Waals surface area contributed by atoms with Crippen LogP contribution >= 0.6 is 11.3 Å². The molecule has 0 atom stereocenters. The van der Waals surface area contributed by atoms with E-state index in [2.05, 4.69) is 4.74 Å². The number of hydrogen-bond donors (Lipinski definition) is 1. The summed E-state index contributed by atoms with van der Waals surface area (Å²) in [5.74, 6) is -1.57. The molecule has 0 saturated heterocycles. The molecule has 0 aliphatic carbocycles. The number of aryl methyl sites for hydroxylation is 1. The number of primary amides is 1. The molecule has 2 rings (SSSR count). The van der Waals surface area contributed by atoms with Crippen molar-refractivity contribution < 1.29 is 22.7 Å². The minimum Gasteiger partial charge on any atom is -0.465 e. The molecule has 0 radical (unpaired) electrons. The van der Waals surface area contributed by atoms with Gasteiger partial charge in [0.05, 0.1) is 12.8 Å². The van der Waals surface area contributed by atoms with Crippen molar-refractivity contribution in [3.8, 4) is 0 Å². The summed E-state index contributed by atoms with van der Waals surface area (Å²) >= 11 is 0.946. The second-order valence-corrected chi connectivity index (χ2v) is 7.67. The minimum absolute atomic E-state index is 0.0564. The number of nitrogens with two attached hydrogens (primary N) is 1. The van der Waals surface area contributed by atoms with Crippen molar-refractivity contribution in [3.05, 3.63) is 46.2 Å². The number of nitrogens with zero attached hydrogens (tertiary/aromatic N) is 1. The van der Waals surface area contributed by atoms with Crippen molar-refractivity contribution in [1.82, 2.24) is 0 Å². The second-order valence-electron chi connectivity index (χ2n) is 4.92. The van der Waals surface area contributed by atoms with Crippen LogP contribution in [0.15, 0.2) is 40.6 Å². The molecule has 0 spiro atoms. The summed E-state index contributed by atoms with van der Waals surface area (Å²) in [6, 6.07) is 7.87. The molecule has 2 N–H and O–H groups in total. The number of carbonyl (C=O) groups excluding carboxylic acids is 2. The fourth-order valence-corrected chi connectivity index (χ4v) is 4.77. The Hall–Kier alpha value is -2.39. The van der Waals surface area contributed by atoms with Crippen LogP contribution in [-0.2, 0) is 19.6 Å². The molecule has 1 aromatic heterocycles. The molecular formula is C15H16N2O5S2. The van der Waals surface area contributed by atoms with Gasteiger partial charge in [-0.05, 0) is 30.5 Å². The van der Waals surface area contributed by atoms with E-state index < -0.39 is 28.4 Å². The third-order valence-corrected chi connectivity index (χ3v) is 6.03. The monoisotopic (exact) mass is 368 g/mol. The number of benzene rings is 1. The average molecular weight is 368 g/mol. The number of carbonyl (C=O) groups is 2. The summed E-state index contributed by atoms with van der Waals surface area (Å²) in [5.41, 5.74) is 6.41. The zero-order valence-electron chi connectivity index (χ0n) is 13.1. The molecule has 1 aromatic carbocycles. The van der Waals surface area contributed by atoms with Crippen molar-refractivity contribution in [2.75, 3.05) is 18.0 Å². The van der Waals surface area contributed by atoms with Crippen LogP contribution in [0.2, 0.25) is 0 Å². The number of ether oxygens (including phenoxy) is 1. The molecule has 0 fully saturated rings. The first-order valence-corrected chi connectivity index (χ1v) is 9.13. The van der Waals surface area contributed by atoms with Gasteiger partial charge in [-0.3, -0.25) is 9.10 Å². The number of methoxy groups -OCH3 is 1. The number of thiophene rings is 1. The van der Waals surface area contributed by atoms with Crippen LogP contribution in [0.3, 0.4) is 0 Å². The van der Waals surface area contributed by atoms with Crippen LogP contribution in [0.25, 0.3) is 0 Å². The van der Waals surface area contributed by atoms with Crippen molar-refractivity contribution >= 4 is 38.9 Å². The zero-order valence-corrected chi connectivity index (χ0v) is 14.7. The Kier molecular flexibility index (Phi) is 5.25. The molecule has 24 heavy (non-hydrogen) atoms. The number of rotatable bonds is 6. The Balaban J connectivity index is 2.56. The van der Waals surface area contributed by atoms with Crippen molar-refractivity contribution in [2.24, 2.45) is 5.73 Å². The van der Waals surface area contributed by atoms with E-state index in [0.29, 0.717) is 0 Å². The van der Waals surface area contributed by atoms with Crippen LogP contribution in [0.5, 0.6) is 0 Å². The Morgan fingerprint density at radius 3 is 2.38 bits per heavy atom. The first-order chi connectivity index (χ1) is 11.3. The molecular weight excluding hydrogens is 352 g/mol. The lowest BCUT2D eigenvalue weighted by atomic mass is 10.2. The maximum Gasteiger partial charge on any atom is 0.349 e. The van der Waals surface area contributed by atoms with Gasteiger partial charge >= 0.3 is 5.97 Å².